The van der Waals surface area contributed by atoms with Gasteiger partial charge in [0.2, 0.25) is 0 Å². The zero-order valence-electron chi connectivity index (χ0n) is 10.5. The second-order valence-electron chi connectivity index (χ2n) is 3.92. The Bertz CT molecular complexity index is 713. The number of hydrogen-bond acceptors (Lipinski definition) is 5. The summed E-state index contributed by atoms with van der Waals surface area (Å²) in [5.41, 5.74) is 6.69. The highest BCUT2D eigenvalue weighted by molar-refractivity contribution is 7.93. The Balaban J connectivity index is 2.38. The molecule has 1 radical (unpaired) electrons. The maximum absolute atomic E-state index is 12.4. The molecule has 3 N–H and O–H groups in total. The number of nitrogens with one attached hydrogen (secondary N) is 1. The number of anilines is 1. The van der Waals surface area contributed by atoms with Crippen LogP contribution in [0.3, 0.4) is 0 Å². The molecular formula is C12H13ClN3O2S2. The van der Waals surface area contributed by atoms with Gasteiger partial charge < -0.3 is 5.73 Å². The summed E-state index contributed by atoms with van der Waals surface area (Å²) in [5.74, 6) is 0. The average molecular weight is 331 g/mol. The molecule has 0 aliphatic carbocycles. The van der Waals surface area contributed by atoms with E-state index in [0.29, 0.717) is 22.1 Å². The maximum Gasteiger partial charge on any atom is 0.264 e. The Kier molecular flexibility index (Phi) is 4.64. The first-order chi connectivity index (χ1) is 9.47. The molecule has 1 heterocycles. The predicted octanol–water partition coefficient (Wildman–Crippen LogP) is 2.43. The highest BCUT2D eigenvalue weighted by atomic mass is 35.5. The number of halogens is 1. The number of rotatable bonds is 5. The summed E-state index contributed by atoms with van der Waals surface area (Å²) >= 11 is 7.18. The Morgan fingerprint density at radius 1 is 1.45 bits per heavy atom. The summed E-state index contributed by atoms with van der Waals surface area (Å²) in [6, 6.07) is 4.64. The van der Waals surface area contributed by atoms with Crippen molar-refractivity contribution < 1.29 is 8.42 Å². The number of aromatic nitrogens is 1. The first-order valence-corrected chi connectivity index (χ1v) is 8.46. The Labute approximate surface area is 126 Å². The third-order valence-corrected chi connectivity index (χ3v) is 5.31. The molecule has 107 valence electrons. The van der Waals surface area contributed by atoms with E-state index in [1.54, 1.807) is 17.5 Å². The van der Waals surface area contributed by atoms with Crippen molar-refractivity contribution in [3.05, 3.63) is 46.8 Å². The van der Waals surface area contributed by atoms with Gasteiger partial charge in [-0.2, -0.15) is 0 Å². The molecule has 0 amide bonds. The lowest BCUT2D eigenvalue weighted by molar-refractivity contribution is 0.600. The van der Waals surface area contributed by atoms with Crippen molar-refractivity contribution in [1.29, 1.82) is 0 Å². The van der Waals surface area contributed by atoms with Crippen molar-refractivity contribution in [2.75, 3.05) is 4.72 Å². The summed E-state index contributed by atoms with van der Waals surface area (Å²) in [6.45, 7) is 3.74. The first kappa shape index (κ1) is 15.2. The summed E-state index contributed by atoms with van der Waals surface area (Å²) in [6.07, 6.45) is 0.503. The zero-order valence-corrected chi connectivity index (χ0v) is 12.9. The van der Waals surface area contributed by atoms with Crippen molar-refractivity contribution in [3.8, 4) is 0 Å². The van der Waals surface area contributed by atoms with Crippen LogP contribution in [-0.2, 0) is 23.0 Å². The molecule has 0 saturated heterocycles. The quantitative estimate of drug-likeness (QED) is 0.881. The predicted molar refractivity (Wildman–Crippen MR) is 81.3 cm³/mol. The van der Waals surface area contributed by atoms with Gasteiger partial charge in [0.05, 0.1) is 10.6 Å². The van der Waals surface area contributed by atoms with E-state index in [9.17, 15) is 8.42 Å². The lowest BCUT2D eigenvalue weighted by atomic mass is 10.2. The van der Waals surface area contributed by atoms with E-state index in [1.165, 1.54) is 17.4 Å². The summed E-state index contributed by atoms with van der Waals surface area (Å²) in [4.78, 5) is 4.19. The number of nitrogens with two attached hydrogens (primary N) is 1. The van der Waals surface area contributed by atoms with E-state index >= 15 is 0 Å². The van der Waals surface area contributed by atoms with Crippen molar-refractivity contribution >= 4 is 38.1 Å². The monoisotopic (exact) mass is 330 g/mol. The van der Waals surface area contributed by atoms with Crippen molar-refractivity contribution in [1.82, 2.24) is 4.98 Å². The fraction of sp³-hybridized carbons (Fsp3) is 0.167. The van der Waals surface area contributed by atoms with Gasteiger partial charge in [-0.15, -0.1) is 11.3 Å². The van der Waals surface area contributed by atoms with Crippen LogP contribution in [0.4, 0.5) is 5.13 Å². The number of benzene rings is 1. The largest absolute Gasteiger partial charge is 0.326 e. The fourth-order valence-electron chi connectivity index (χ4n) is 1.63. The standard InChI is InChI=1S/C12H13ClN3O2S2/c1-2-8-7-19-12(15-8)16-20(17,18)11-5-3-4-10(13)9(11)6-14/h3-5,7H,1-2,6,14H2,(H,15,16). The van der Waals surface area contributed by atoms with E-state index in [1.807, 2.05) is 0 Å². The van der Waals surface area contributed by atoms with Gasteiger partial charge in [-0.05, 0) is 25.5 Å². The molecule has 0 spiro atoms. The Morgan fingerprint density at radius 3 is 2.80 bits per heavy atom. The van der Waals surface area contributed by atoms with Crippen LogP contribution in [0, 0.1) is 6.92 Å². The summed E-state index contributed by atoms with van der Waals surface area (Å²) < 4.78 is 27.1. The summed E-state index contributed by atoms with van der Waals surface area (Å²) in [5, 5.41) is 2.38. The maximum atomic E-state index is 12.4. The Hall–Kier alpha value is -1.15. The van der Waals surface area contributed by atoms with Gasteiger partial charge in [0.25, 0.3) is 10.0 Å². The number of hydrogen-bond donors (Lipinski definition) is 2. The topological polar surface area (TPSA) is 85.1 Å². The lowest BCUT2D eigenvalue weighted by Crippen LogP contribution is -2.16. The highest BCUT2D eigenvalue weighted by Gasteiger charge is 2.20. The van der Waals surface area contributed by atoms with Crippen LogP contribution in [0.1, 0.15) is 11.3 Å². The third kappa shape index (κ3) is 3.12. The van der Waals surface area contributed by atoms with Gasteiger partial charge in [-0.1, -0.05) is 17.7 Å². The van der Waals surface area contributed by atoms with E-state index in [-0.39, 0.29) is 11.4 Å². The number of thiazole rings is 1. The Morgan fingerprint density at radius 2 is 2.20 bits per heavy atom. The van der Waals surface area contributed by atoms with E-state index in [2.05, 4.69) is 16.6 Å². The zero-order chi connectivity index (χ0) is 14.8. The van der Waals surface area contributed by atoms with Gasteiger partial charge >= 0.3 is 0 Å². The smallest absolute Gasteiger partial charge is 0.264 e. The molecule has 5 nitrogen and oxygen atoms in total. The summed E-state index contributed by atoms with van der Waals surface area (Å²) in [7, 11) is -3.76. The minimum absolute atomic E-state index is 0.0396. The molecule has 0 bridgehead atoms. The second kappa shape index (κ2) is 6.09. The normalized spacial score (nSPS) is 11.6. The van der Waals surface area contributed by atoms with Gasteiger partial charge in [0, 0.05) is 22.5 Å². The molecule has 2 rings (SSSR count). The van der Waals surface area contributed by atoms with Crippen LogP contribution in [0.5, 0.6) is 0 Å². The lowest BCUT2D eigenvalue weighted by Gasteiger charge is -2.10. The van der Waals surface area contributed by atoms with Crippen LogP contribution in [0.15, 0.2) is 28.5 Å². The van der Waals surface area contributed by atoms with Crippen LogP contribution >= 0.6 is 22.9 Å². The van der Waals surface area contributed by atoms with Crippen LogP contribution in [-0.4, -0.2) is 13.4 Å². The highest BCUT2D eigenvalue weighted by Crippen LogP contribution is 2.26. The van der Waals surface area contributed by atoms with Crippen LogP contribution < -0.4 is 10.5 Å². The average Bonchev–Trinajstić information content (AvgIpc) is 2.85. The molecule has 1 aromatic heterocycles. The molecule has 0 unspecified atom stereocenters. The molecule has 0 saturated carbocycles. The molecule has 20 heavy (non-hydrogen) atoms. The van der Waals surface area contributed by atoms with E-state index < -0.39 is 10.0 Å². The fourth-order valence-corrected chi connectivity index (χ4v) is 4.21. The number of nitrogens with zero attached hydrogens (tertiary/aromatic N) is 1. The molecule has 2 aromatic rings. The molecule has 0 atom stereocenters. The molecule has 0 fully saturated rings. The van der Waals surface area contributed by atoms with Crippen molar-refractivity contribution in [2.24, 2.45) is 5.73 Å². The number of sulfonamides is 1. The first-order valence-electron chi connectivity index (χ1n) is 5.72. The molecule has 8 heteroatoms. The van der Waals surface area contributed by atoms with Gasteiger partial charge in [0.1, 0.15) is 0 Å². The molecule has 0 aliphatic rings. The van der Waals surface area contributed by atoms with Gasteiger partial charge in [-0.25, -0.2) is 13.4 Å². The molecular weight excluding hydrogens is 318 g/mol. The molecule has 1 aromatic carbocycles. The van der Waals surface area contributed by atoms with Gasteiger partial charge in [0.15, 0.2) is 5.13 Å². The third-order valence-electron chi connectivity index (χ3n) is 2.60. The SMILES string of the molecule is [CH2]Cc1csc(NS(=O)(=O)c2cccc(Cl)c2CN)n1. The molecule has 0 aliphatic heterocycles. The van der Waals surface area contributed by atoms with Crippen LogP contribution in [0.2, 0.25) is 5.02 Å². The minimum Gasteiger partial charge on any atom is -0.326 e. The van der Waals surface area contributed by atoms with E-state index in [4.69, 9.17) is 17.3 Å². The second-order valence-corrected chi connectivity index (χ2v) is 6.84. The van der Waals surface area contributed by atoms with Crippen LogP contribution in [0.25, 0.3) is 0 Å². The minimum atomic E-state index is -3.76. The van der Waals surface area contributed by atoms with Crippen molar-refractivity contribution in [2.45, 2.75) is 17.9 Å². The van der Waals surface area contributed by atoms with E-state index in [0.717, 1.165) is 5.69 Å². The van der Waals surface area contributed by atoms with Crippen molar-refractivity contribution in [3.63, 3.8) is 0 Å². The van der Waals surface area contributed by atoms with Gasteiger partial charge in [-0.3, -0.25) is 4.72 Å².